The first-order valence-electron chi connectivity index (χ1n) is 6.81. The molecule has 0 atom stereocenters. The molecule has 1 nitrogen and oxygen atoms in total. The summed E-state index contributed by atoms with van der Waals surface area (Å²) in [5, 5.41) is 11.2. The lowest BCUT2D eigenvalue weighted by Gasteiger charge is -1.92. The molecule has 0 aliphatic rings. The zero-order valence-electron chi connectivity index (χ0n) is 12.8. The van der Waals surface area contributed by atoms with Gasteiger partial charge in [0, 0.05) is 0 Å². The van der Waals surface area contributed by atoms with Crippen molar-refractivity contribution in [3.63, 3.8) is 0 Å². The van der Waals surface area contributed by atoms with Crippen molar-refractivity contribution in [3.05, 3.63) is 60.7 Å². The predicted octanol–water partition coefficient (Wildman–Crippen LogP) is 3.08. The molecule has 2 rings (SSSR count). The fourth-order valence-corrected chi connectivity index (χ4v) is 2.51. The van der Waals surface area contributed by atoms with E-state index in [4.69, 9.17) is 5.11 Å². The molecule has 0 aromatic heterocycles. The van der Waals surface area contributed by atoms with Gasteiger partial charge in [0.05, 0.1) is 19.2 Å². The average molecular weight is 278 g/mol. The Morgan fingerprint density at radius 2 is 0.842 bits per heavy atom. The van der Waals surface area contributed by atoms with Crippen molar-refractivity contribution in [1.82, 2.24) is 0 Å². The van der Waals surface area contributed by atoms with Crippen LogP contribution in [0.25, 0.3) is 0 Å². The highest BCUT2D eigenvalue weighted by Gasteiger charge is 2.00. The maximum absolute atomic E-state index is 8.25. The molecule has 2 aromatic rings. The van der Waals surface area contributed by atoms with Crippen molar-refractivity contribution < 1.29 is 5.11 Å². The highest BCUT2D eigenvalue weighted by Crippen LogP contribution is 2.08. The Bertz CT molecular complexity index is 322. The summed E-state index contributed by atoms with van der Waals surface area (Å²) in [7, 11) is 1.02. The Balaban J connectivity index is 0. The van der Waals surface area contributed by atoms with Crippen molar-refractivity contribution in [2.24, 2.45) is 0 Å². The van der Waals surface area contributed by atoms with Gasteiger partial charge in [-0.2, -0.15) is 7.11 Å². The van der Waals surface area contributed by atoms with Gasteiger partial charge in [-0.05, 0) is 24.3 Å². The van der Waals surface area contributed by atoms with Crippen molar-refractivity contribution in [2.45, 2.75) is 27.7 Å². The molecular formula is C17H27OP. The minimum Gasteiger partial charge on any atom is -0.857 e. The van der Waals surface area contributed by atoms with Crippen LogP contribution in [-0.2, 0) is 0 Å². The summed E-state index contributed by atoms with van der Waals surface area (Å²) in [6.45, 7) is 8.00. The van der Waals surface area contributed by atoms with E-state index < -0.39 is 0 Å². The van der Waals surface area contributed by atoms with E-state index in [0.29, 0.717) is 0 Å². The highest BCUT2D eigenvalue weighted by atomic mass is 31.1. The van der Waals surface area contributed by atoms with E-state index in [0.717, 1.165) is 7.11 Å². The van der Waals surface area contributed by atoms with Crippen LogP contribution >= 0.6 is 8.58 Å². The smallest absolute Gasteiger partial charge is 0.0942 e. The molecule has 0 aliphatic carbocycles. The summed E-state index contributed by atoms with van der Waals surface area (Å²) in [6.07, 6.45) is 0. The van der Waals surface area contributed by atoms with Crippen molar-refractivity contribution in [2.75, 3.05) is 7.11 Å². The van der Waals surface area contributed by atoms with Gasteiger partial charge in [-0.25, -0.2) is 0 Å². The molecule has 2 aromatic carbocycles. The SMILES string of the molecule is CC.CC.C[O-].c1ccc([PH2+]c2ccccc2)cc1. The second-order valence-corrected chi connectivity index (χ2v) is 4.59. The molecule has 0 saturated heterocycles. The molecule has 0 amide bonds. The van der Waals surface area contributed by atoms with Crippen LogP contribution in [0, 0.1) is 0 Å². The van der Waals surface area contributed by atoms with Crippen LogP contribution in [0.5, 0.6) is 0 Å². The normalized spacial score (nSPS) is 7.68. The topological polar surface area (TPSA) is 23.1 Å². The molecule has 19 heavy (non-hydrogen) atoms. The molecular weight excluding hydrogens is 251 g/mol. The summed E-state index contributed by atoms with van der Waals surface area (Å²) in [4.78, 5) is 0. The van der Waals surface area contributed by atoms with Crippen molar-refractivity contribution >= 4 is 19.2 Å². The van der Waals surface area contributed by atoms with Crippen LogP contribution in [0.3, 0.4) is 0 Å². The van der Waals surface area contributed by atoms with E-state index in [2.05, 4.69) is 60.7 Å². The predicted molar refractivity (Wildman–Crippen MR) is 90.5 cm³/mol. The van der Waals surface area contributed by atoms with Crippen LogP contribution in [0.4, 0.5) is 0 Å². The lowest BCUT2D eigenvalue weighted by Crippen LogP contribution is -2.01. The second-order valence-electron chi connectivity index (χ2n) is 2.97. The zero-order valence-corrected chi connectivity index (χ0v) is 13.9. The van der Waals surface area contributed by atoms with Gasteiger partial charge in [0.15, 0.2) is 0 Å². The van der Waals surface area contributed by atoms with E-state index in [1.807, 2.05) is 27.7 Å². The number of hydrogen-bond donors (Lipinski definition) is 0. The van der Waals surface area contributed by atoms with Gasteiger partial charge in [-0.15, -0.1) is 0 Å². The van der Waals surface area contributed by atoms with E-state index in [9.17, 15) is 0 Å². The first kappa shape index (κ1) is 20.2. The second kappa shape index (κ2) is 16.8. The van der Waals surface area contributed by atoms with Gasteiger partial charge in [-0.1, -0.05) is 64.1 Å². The molecule has 0 aliphatic heterocycles. The van der Waals surface area contributed by atoms with Crippen molar-refractivity contribution in [3.8, 4) is 0 Å². The Morgan fingerprint density at radius 1 is 0.579 bits per heavy atom. The fraction of sp³-hybridized carbons (Fsp3) is 0.294. The molecule has 0 saturated carbocycles. The largest absolute Gasteiger partial charge is 0.857 e. The third-order valence-corrected chi connectivity index (χ3v) is 3.37. The molecule has 0 unspecified atom stereocenters. The monoisotopic (exact) mass is 278 g/mol. The van der Waals surface area contributed by atoms with Gasteiger partial charge in [0.1, 0.15) is 0 Å². The lowest BCUT2D eigenvalue weighted by atomic mass is 10.4. The van der Waals surface area contributed by atoms with Crippen LogP contribution in [0.2, 0.25) is 0 Å². The lowest BCUT2D eigenvalue weighted by molar-refractivity contribution is -0.325. The van der Waals surface area contributed by atoms with Gasteiger partial charge < -0.3 is 5.11 Å². The minimum atomic E-state index is 0.271. The first-order valence-corrected chi connectivity index (χ1v) is 7.96. The van der Waals surface area contributed by atoms with E-state index in [1.165, 1.54) is 10.6 Å². The summed E-state index contributed by atoms with van der Waals surface area (Å²) in [5.74, 6) is 0. The fourth-order valence-electron chi connectivity index (χ4n) is 1.29. The molecule has 0 bridgehead atoms. The van der Waals surface area contributed by atoms with Gasteiger partial charge in [0.2, 0.25) is 0 Å². The highest BCUT2D eigenvalue weighted by molar-refractivity contribution is 7.55. The molecule has 0 heterocycles. The molecule has 0 spiro atoms. The molecule has 0 fully saturated rings. The third-order valence-electron chi connectivity index (χ3n) is 1.93. The maximum Gasteiger partial charge on any atom is 0.0942 e. The summed E-state index contributed by atoms with van der Waals surface area (Å²) in [6, 6.07) is 21.3. The Morgan fingerprint density at radius 3 is 1.11 bits per heavy atom. The zero-order chi connectivity index (χ0) is 14.9. The van der Waals surface area contributed by atoms with Gasteiger partial charge in [-0.3, -0.25) is 0 Å². The van der Waals surface area contributed by atoms with Crippen LogP contribution in [0.15, 0.2) is 60.7 Å². The molecule has 0 N–H and O–H groups in total. The van der Waals surface area contributed by atoms with Gasteiger partial charge in [0.25, 0.3) is 0 Å². The van der Waals surface area contributed by atoms with Crippen LogP contribution in [0.1, 0.15) is 27.7 Å². The standard InChI is InChI=1S/C12H11P.2C2H6.CH3O/c1-3-7-11(8-4-1)13-12-9-5-2-6-10-12;3*1-2/h1-10,13H;2*1-2H3;1H3/q;;;-1/p+1. The maximum atomic E-state index is 8.25. The summed E-state index contributed by atoms with van der Waals surface area (Å²) >= 11 is 0. The number of hydrogen-bond acceptors (Lipinski definition) is 1. The van der Waals surface area contributed by atoms with Gasteiger partial charge >= 0.3 is 0 Å². The molecule has 0 radical (unpaired) electrons. The quantitative estimate of drug-likeness (QED) is 0.774. The number of benzene rings is 2. The van der Waals surface area contributed by atoms with Crippen molar-refractivity contribution in [1.29, 1.82) is 0 Å². The Kier molecular flexibility index (Phi) is 17.9. The summed E-state index contributed by atoms with van der Waals surface area (Å²) in [5.41, 5.74) is 0. The van der Waals surface area contributed by atoms with Crippen LogP contribution in [-0.4, -0.2) is 7.11 Å². The van der Waals surface area contributed by atoms with E-state index in [-0.39, 0.29) is 8.58 Å². The Hall–Kier alpha value is -1.17. The Labute approximate surface area is 120 Å². The molecule has 106 valence electrons. The van der Waals surface area contributed by atoms with E-state index >= 15 is 0 Å². The van der Waals surface area contributed by atoms with Crippen LogP contribution < -0.4 is 15.7 Å². The first-order chi connectivity index (χ1) is 9.45. The minimum absolute atomic E-state index is 0.271. The van der Waals surface area contributed by atoms with E-state index in [1.54, 1.807) is 0 Å². The number of rotatable bonds is 2. The average Bonchev–Trinajstić information content (AvgIpc) is 2.55. The summed E-state index contributed by atoms with van der Waals surface area (Å²) < 4.78 is 0. The third kappa shape index (κ3) is 10.4. The molecule has 2 heteroatoms.